The summed E-state index contributed by atoms with van der Waals surface area (Å²) in [6.45, 7) is 8.60. The molecule has 1 heterocycles. The fourth-order valence-corrected chi connectivity index (χ4v) is 3.18. The maximum Gasteiger partial charge on any atom is 0.315 e. The van der Waals surface area contributed by atoms with Gasteiger partial charge in [-0.25, -0.2) is 0 Å². The summed E-state index contributed by atoms with van der Waals surface area (Å²) in [5, 5.41) is 9.76. The second-order valence-electron chi connectivity index (χ2n) is 6.56. The van der Waals surface area contributed by atoms with E-state index in [0.717, 1.165) is 18.7 Å². The van der Waals surface area contributed by atoms with E-state index in [-0.39, 0.29) is 0 Å². The molecule has 0 aromatic heterocycles. The summed E-state index contributed by atoms with van der Waals surface area (Å²) in [5.41, 5.74) is 0.00750. The number of benzene rings is 1. The van der Waals surface area contributed by atoms with Crippen LogP contribution in [-0.4, -0.2) is 59.6 Å². The minimum Gasteiger partial charge on any atom is -0.481 e. The van der Waals surface area contributed by atoms with Crippen molar-refractivity contribution in [3.05, 3.63) is 35.9 Å². The standard InChI is InChI=1S/C17H26N2O2/c1-13-10-19(11-14(2)18(13)4)12-17(3,16(20)21)15-8-6-5-7-9-15/h5-9,13-14H,10-12H2,1-4H3,(H,20,21). The van der Waals surface area contributed by atoms with Crippen LogP contribution in [0.25, 0.3) is 0 Å². The highest BCUT2D eigenvalue weighted by atomic mass is 16.4. The number of carboxylic acids is 1. The van der Waals surface area contributed by atoms with Crippen LogP contribution >= 0.6 is 0 Å². The Morgan fingerprint density at radius 1 is 1.24 bits per heavy atom. The number of carbonyl (C=O) groups is 1. The topological polar surface area (TPSA) is 43.8 Å². The Hall–Kier alpha value is -1.39. The predicted octanol–water partition coefficient (Wildman–Crippen LogP) is 2.05. The molecule has 1 fully saturated rings. The molecule has 0 bridgehead atoms. The average Bonchev–Trinajstić information content (AvgIpc) is 2.45. The van der Waals surface area contributed by atoms with Crippen LogP contribution in [0.4, 0.5) is 0 Å². The molecule has 0 amide bonds. The molecule has 21 heavy (non-hydrogen) atoms. The molecule has 1 aliphatic rings. The highest BCUT2D eigenvalue weighted by Gasteiger charge is 2.39. The fraction of sp³-hybridized carbons (Fsp3) is 0.588. The molecule has 1 aromatic carbocycles. The predicted molar refractivity (Wildman–Crippen MR) is 84.6 cm³/mol. The number of aliphatic carboxylic acids is 1. The lowest BCUT2D eigenvalue weighted by Crippen LogP contribution is -2.58. The summed E-state index contributed by atoms with van der Waals surface area (Å²) in [7, 11) is 2.14. The third-order valence-electron chi connectivity index (χ3n) is 4.86. The van der Waals surface area contributed by atoms with Crippen LogP contribution in [0.2, 0.25) is 0 Å². The van der Waals surface area contributed by atoms with Crippen molar-refractivity contribution >= 4 is 5.97 Å². The lowest BCUT2D eigenvalue weighted by molar-refractivity contribution is -0.144. The highest BCUT2D eigenvalue weighted by Crippen LogP contribution is 2.27. The first kappa shape index (κ1) is 16.0. The molecule has 3 unspecified atom stereocenters. The Kier molecular flexibility index (Phi) is 4.69. The zero-order valence-electron chi connectivity index (χ0n) is 13.4. The normalized spacial score (nSPS) is 27.2. The van der Waals surface area contributed by atoms with E-state index in [0.29, 0.717) is 18.6 Å². The first-order valence-electron chi connectivity index (χ1n) is 7.58. The Morgan fingerprint density at radius 3 is 2.24 bits per heavy atom. The number of piperazine rings is 1. The molecule has 0 saturated carbocycles. The van der Waals surface area contributed by atoms with E-state index >= 15 is 0 Å². The smallest absolute Gasteiger partial charge is 0.315 e. The molecule has 2 rings (SSSR count). The summed E-state index contributed by atoms with van der Waals surface area (Å²) < 4.78 is 0. The van der Waals surface area contributed by atoms with Crippen molar-refractivity contribution in [3.63, 3.8) is 0 Å². The van der Waals surface area contributed by atoms with Crippen molar-refractivity contribution in [1.29, 1.82) is 0 Å². The molecule has 1 aliphatic heterocycles. The van der Waals surface area contributed by atoms with Crippen molar-refractivity contribution in [2.24, 2.45) is 0 Å². The third kappa shape index (κ3) is 3.27. The molecule has 4 heteroatoms. The SMILES string of the molecule is CC1CN(CC(C)(C(=O)O)c2ccccc2)CC(C)N1C. The van der Waals surface area contributed by atoms with Crippen LogP contribution < -0.4 is 0 Å². The average molecular weight is 290 g/mol. The maximum atomic E-state index is 11.9. The number of hydrogen-bond donors (Lipinski definition) is 1. The van der Waals surface area contributed by atoms with Gasteiger partial charge in [-0.3, -0.25) is 14.6 Å². The van der Waals surface area contributed by atoms with Crippen molar-refractivity contribution in [1.82, 2.24) is 9.80 Å². The molecule has 0 radical (unpaired) electrons. The molecule has 0 spiro atoms. The first-order valence-corrected chi connectivity index (χ1v) is 7.58. The molecular formula is C17H26N2O2. The molecule has 1 N–H and O–H groups in total. The van der Waals surface area contributed by atoms with Gasteiger partial charge < -0.3 is 5.11 Å². The highest BCUT2D eigenvalue weighted by molar-refractivity contribution is 5.81. The Morgan fingerprint density at radius 2 is 1.76 bits per heavy atom. The lowest BCUT2D eigenvalue weighted by Gasteiger charge is -2.44. The van der Waals surface area contributed by atoms with Gasteiger partial charge in [0, 0.05) is 31.7 Å². The second kappa shape index (κ2) is 6.16. The van der Waals surface area contributed by atoms with Gasteiger partial charge >= 0.3 is 5.97 Å². The van der Waals surface area contributed by atoms with E-state index in [1.54, 1.807) is 0 Å². The Bertz CT molecular complexity index is 479. The molecule has 116 valence electrons. The minimum absolute atomic E-state index is 0.447. The first-order chi connectivity index (χ1) is 9.84. The summed E-state index contributed by atoms with van der Waals surface area (Å²) in [4.78, 5) is 16.5. The quantitative estimate of drug-likeness (QED) is 0.922. The van der Waals surface area contributed by atoms with Gasteiger partial charge in [-0.2, -0.15) is 0 Å². The van der Waals surface area contributed by atoms with E-state index < -0.39 is 11.4 Å². The molecule has 3 atom stereocenters. The summed E-state index contributed by atoms with van der Waals surface area (Å²) in [5.74, 6) is -0.757. The van der Waals surface area contributed by atoms with Crippen molar-refractivity contribution < 1.29 is 9.90 Å². The van der Waals surface area contributed by atoms with E-state index in [9.17, 15) is 9.90 Å². The number of nitrogens with zero attached hydrogens (tertiary/aromatic N) is 2. The zero-order valence-corrected chi connectivity index (χ0v) is 13.4. The Labute approximate surface area is 127 Å². The van der Waals surface area contributed by atoms with Crippen LogP contribution in [0.3, 0.4) is 0 Å². The van der Waals surface area contributed by atoms with Crippen LogP contribution in [0.1, 0.15) is 26.3 Å². The van der Waals surface area contributed by atoms with E-state index in [1.807, 2.05) is 37.3 Å². The van der Waals surface area contributed by atoms with Gasteiger partial charge in [0.2, 0.25) is 0 Å². The summed E-state index contributed by atoms with van der Waals surface area (Å²) in [6, 6.07) is 10.5. The fourth-order valence-electron chi connectivity index (χ4n) is 3.18. The molecule has 1 saturated heterocycles. The molecule has 4 nitrogen and oxygen atoms in total. The second-order valence-corrected chi connectivity index (χ2v) is 6.56. The van der Waals surface area contributed by atoms with Gasteiger partial charge in [0.1, 0.15) is 5.41 Å². The van der Waals surface area contributed by atoms with Gasteiger partial charge in [-0.1, -0.05) is 30.3 Å². The number of carboxylic acid groups (broad SMARTS) is 1. The van der Waals surface area contributed by atoms with E-state index in [2.05, 4.69) is 30.7 Å². The van der Waals surface area contributed by atoms with Gasteiger partial charge in [0.05, 0.1) is 0 Å². The van der Waals surface area contributed by atoms with E-state index in [4.69, 9.17) is 0 Å². The molecular weight excluding hydrogens is 264 g/mol. The number of likely N-dealkylation sites (N-methyl/N-ethyl adjacent to an activating group) is 1. The van der Waals surface area contributed by atoms with Gasteiger partial charge in [-0.15, -0.1) is 0 Å². The van der Waals surface area contributed by atoms with E-state index in [1.165, 1.54) is 0 Å². The summed E-state index contributed by atoms with van der Waals surface area (Å²) >= 11 is 0. The zero-order chi connectivity index (χ0) is 15.6. The van der Waals surface area contributed by atoms with Crippen molar-refractivity contribution in [2.45, 2.75) is 38.3 Å². The van der Waals surface area contributed by atoms with Gasteiger partial charge in [0.15, 0.2) is 0 Å². The summed E-state index contributed by atoms with van der Waals surface area (Å²) in [6.07, 6.45) is 0. The van der Waals surface area contributed by atoms with Crippen LogP contribution in [0, 0.1) is 0 Å². The Balaban J connectivity index is 2.20. The third-order valence-corrected chi connectivity index (χ3v) is 4.86. The van der Waals surface area contributed by atoms with Crippen LogP contribution in [-0.2, 0) is 10.2 Å². The largest absolute Gasteiger partial charge is 0.481 e. The number of hydrogen-bond acceptors (Lipinski definition) is 3. The van der Waals surface area contributed by atoms with Crippen LogP contribution in [0.5, 0.6) is 0 Å². The van der Waals surface area contributed by atoms with Crippen LogP contribution in [0.15, 0.2) is 30.3 Å². The van der Waals surface area contributed by atoms with Gasteiger partial charge in [0.25, 0.3) is 0 Å². The van der Waals surface area contributed by atoms with Crippen molar-refractivity contribution in [3.8, 4) is 0 Å². The lowest BCUT2D eigenvalue weighted by atomic mass is 9.81. The minimum atomic E-state index is -0.864. The monoisotopic (exact) mass is 290 g/mol. The van der Waals surface area contributed by atoms with Gasteiger partial charge in [-0.05, 0) is 33.4 Å². The molecule has 1 aromatic rings. The maximum absolute atomic E-state index is 11.9. The number of rotatable bonds is 4. The molecule has 0 aliphatic carbocycles. The van der Waals surface area contributed by atoms with Crippen molar-refractivity contribution in [2.75, 3.05) is 26.7 Å².